The molecule has 0 spiro atoms. The van der Waals surface area contributed by atoms with Crippen molar-refractivity contribution in [1.82, 2.24) is 9.80 Å². The number of nitrogens with two attached hydrogens (primary N) is 1. The van der Waals surface area contributed by atoms with Crippen LogP contribution in [0.2, 0.25) is 0 Å². The standard InChI is InChI=1S/C17H22F3N3O2/c1-3-22(4-2)17(25)14-7-10(21)9-23(14)15(24)8-11-12(18)5-6-13(19)16(11)20/h5-6,10,14H,3-4,7-9,21H2,1-2H3/t10-,14+/m1/s1. The molecule has 1 aromatic carbocycles. The number of hydrogen-bond acceptors (Lipinski definition) is 3. The van der Waals surface area contributed by atoms with Crippen LogP contribution in [0.5, 0.6) is 0 Å². The van der Waals surface area contributed by atoms with Crippen molar-refractivity contribution in [2.45, 2.75) is 38.8 Å². The van der Waals surface area contributed by atoms with Gasteiger partial charge in [0.1, 0.15) is 11.9 Å². The zero-order chi connectivity index (χ0) is 18.7. The monoisotopic (exact) mass is 357 g/mol. The van der Waals surface area contributed by atoms with Crippen LogP contribution >= 0.6 is 0 Å². The number of carbonyl (C=O) groups excluding carboxylic acids is 2. The van der Waals surface area contributed by atoms with Gasteiger partial charge in [0.05, 0.1) is 6.42 Å². The molecule has 0 aliphatic carbocycles. The van der Waals surface area contributed by atoms with Crippen molar-refractivity contribution in [1.29, 1.82) is 0 Å². The van der Waals surface area contributed by atoms with Crippen LogP contribution in [0.4, 0.5) is 13.2 Å². The lowest BCUT2D eigenvalue weighted by Gasteiger charge is -2.29. The van der Waals surface area contributed by atoms with E-state index in [0.29, 0.717) is 19.2 Å². The highest BCUT2D eigenvalue weighted by Crippen LogP contribution is 2.22. The van der Waals surface area contributed by atoms with Crippen molar-refractivity contribution in [2.75, 3.05) is 19.6 Å². The van der Waals surface area contributed by atoms with Crippen molar-refractivity contribution in [3.63, 3.8) is 0 Å². The van der Waals surface area contributed by atoms with Crippen LogP contribution in [0, 0.1) is 17.5 Å². The van der Waals surface area contributed by atoms with E-state index < -0.39 is 47.4 Å². The van der Waals surface area contributed by atoms with Gasteiger partial charge in [-0.15, -0.1) is 0 Å². The van der Waals surface area contributed by atoms with E-state index in [-0.39, 0.29) is 18.9 Å². The van der Waals surface area contributed by atoms with Gasteiger partial charge < -0.3 is 15.5 Å². The van der Waals surface area contributed by atoms with Crippen molar-refractivity contribution in [3.8, 4) is 0 Å². The number of carbonyl (C=O) groups is 2. The molecule has 0 bridgehead atoms. The minimum absolute atomic E-state index is 0.120. The molecule has 1 aromatic rings. The first-order valence-corrected chi connectivity index (χ1v) is 8.26. The summed E-state index contributed by atoms with van der Waals surface area (Å²) in [6.07, 6.45) is -0.376. The molecule has 8 heteroatoms. The van der Waals surface area contributed by atoms with Crippen LogP contribution < -0.4 is 5.73 Å². The average Bonchev–Trinajstić information content (AvgIpc) is 2.98. The predicted octanol–water partition coefficient (Wildman–Crippen LogP) is 1.44. The minimum atomic E-state index is -1.39. The lowest BCUT2D eigenvalue weighted by Crippen LogP contribution is -2.48. The summed E-state index contributed by atoms with van der Waals surface area (Å²) in [4.78, 5) is 27.9. The number of rotatable bonds is 5. The lowest BCUT2D eigenvalue weighted by molar-refractivity contribution is -0.143. The van der Waals surface area contributed by atoms with Crippen molar-refractivity contribution in [3.05, 3.63) is 35.1 Å². The molecular formula is C17H22F3N3O2. The number of likely N-dealkylation sites (tertiary alicyclic amines) is 1. The second kappa shape index (κ2) is 7.86. The maximum Gasteiger partial charge on any atom is 0.245 e. The zero-order valence-electron chi connectivity index (χ0n) is 14.3. The second-order valence-corrected chi connectivity index (χ2v) is 6.07. The number of hydrogen-bond donors (Lipinski definition) is 1. The Morgan fingerprint density at radius 3 is 2.40 bits per heavy atom. The van der Waals surface area contributed by atoms with E-state index in [1.165, 1.54) is 4.90 Å². The fraction of sp³-hybridized carbons (Fsp3) is 0.529. The van der Waals surface area contributed by atoms with Crippen molar-refractivity contribution in [2.24, 2.45) is 5.73 Å². The average molecular weight is 357 g/mol. The Balaban J connectivity index is 2.22. The van der Waals surface area contributed by atoms with Gasteiger partial charge in [0.15, 0.2) is 11.6 Å². The molecule has 0 radical (unpaired) electrons. The minimum Gasteiger partial charge on any atom is -0.341 e. The highest BCUT2D eigenvalue weighted by atomic mass is 19.2. The van der Waals surface area contributed by atoms with Gasteiger partial charge >= 0.3 is 0 Å². The van der Waals surface area contributed by atoms with Gasteiger partial charge in [0.2, 0.25) is 11.8 Å². The molecule has 0 saturated carbocycles. The Bertz CT molecular complexity index is 665. The van der Waals surface area contributed by atoms with Crippen LogP contribution in [-0.4, -0.2) is 53.3 Å². The first-order chi connectivity index (χ1) is 11.8. The normalized spacial score (nSPS) is 20.0. The van der Waals surface area contributed by atoms with Gasteiger partial charge in [-0.2, -0.15) is 0 Å². The maximum absolute atomic E-state index is 13.8. The third-order valence-electron chi connectivity index (χ3n) is 4.48. The van der Waals surface area contributed by atoms with Gasteiger partial charge in [-0.1, -0.05) is 0 Å². The molecular weight excluding hydrogens is 335 g/mol. The van der Waals surface area contributed by atoms with E-state index in [9.17, 15) is 22.8 Å². The molecule has 0 unspecified atom stereocenters. The smallest absolute Gasteiger partial charge is 0.245 e. The number of nitrogens with zero attached hydrogens (tertiary/aromatic N) is 2. The van der Waals surface area contributed by atoms with Crippen molar-refractivity contribution < 1.29 is 22.8 Å². The molecule has 1 heterocycles. The van der Waals surface area contributed by atoms with Crippen LogP contribution in [-0.2, 0) is 16.0 Å². The van der Waals surface area contributed by atoms with Crippen molar-refractivity contribution >= 4 is 11.8 Å². The molecule has 138 valence electrons. The Morgan fingerprint density at radius 2 is 1.80 bits per heavy atom. The number of likely N-dealkylation sites (N-methyl/N-ethyl adjacent to an activating group) is 1. The summed E-state index contributed by atoms with van der Waals surface area (Å²) in [6, 6.07) is 0.282. The molecule has 1 aliphatic heterocycles. The Kier molecular flexibility index (Phi) is 6.05. The third-order valence-corrected chi connectivity index (χ3v) is 4.48. The number of amides is 2. The topological polar surface area (TPSA) is 66.6 Å². The second-order valence-electron chi connectivity index (χ2n) is 6.07. The van der Waals surface area contributed by atoms with Crippen LogP contribution in [0.3, 0.4) is 0 Å². The molecule has 2 atom stereocenters. The molecule has 5 nitrogen and oxygen atoms in total. The van der Waals surface area contributed by atoms with Gasteiger partial charge in [-0.25, -0.2) is 13.2 Å². The van der Waals surface area contributed by atoms with Gasteiger partial charge in [-0.3, -0.25) is 9.59 Å². The molecule has 1 aliphatic rings. The Labute approximate surface area is 144 Å². The fourth-order valence-corrected chi connectivity index (χ4v) is 3.11. The first-order valence-electron chi connectivity index (χ1n) is 8.26. The summed E-state index contributed by atoms with van der Waals surface area (Å²) in [5, 5.41) is 0. The van der Waals surface area contributed by atoms with Gasteiger partial charge in [0, 0.05) is 31.2 Å². The number of halogens is 3. The first kappa shape index (κ1) is 19.2. The highest BCUT2D eigenvalue weighted by Gasteiger charge is 2.39. The number of benzene rings is 1. The molecule has 2 amide bonds. The maximum atomic E-state index is 13.8. The lowest BCUT2D eigenvalue weighted by atomic mass is 10.1. The van der Waals surface area contributed by atoms with E-state index in [4.69, 9.17) is 5.73 Å². The molecule has 2 rings (SSSR count). The summed E-state index contributed by atoms with van der Waals surface area (Å²) >= 11 is 0. The van der Waals surface area contributed by atoms with E-state index in [1.54, 1.807) is 4.90 Å². The van der Waals surface area contributed by atoms with Gasteiger partial charge in [0.25, 0.3) is 0 Å². The van der Waals surface area contributed by atoms with E-state index in [2.05, 4.69) is 0 Å². The molecule has 1 saturated heterocycles. The fourth-order valence-electron chi connectivity index (χ4n) is 3.11. The molecule has 25 heavy (non-hydrogen) atoms. The summed E-state index contributed by atoms with van der Waals surface area (Å²) in [6.45, 7) is 4.72. The van der Waals surface area contributed by atoms with E-state index >= 15 is 0 Å². The largest absolute Gasteiger partial charge is 0.341 e. The molecule has 2 N–H and O–H groups in total. The summed E-state index contributed by atoms with van der Waals surface area (Å²) in [5.41, 5.74) is 5.24. The third kappa shape index (κ3) is 3.95. The summed E-state index contributed by atoms with van der Waals surface area (Å²) in [7, 11) is 0. The quantitative estimate of drug-likeness (QED) is 0.811. The van der Waals surface area contributed by atoms with Crippen LogP contribution in [0.1, 0.15) is 25.8 Å². The summed E-state index contributed by atoms with van der Waals surface area (Å²) in [5.74, 6) is -4.50. The predicted molar refractivity (Wildman–Crippen MR) is 86.0 cm³/mol. The van der Waals surface area contributed by atoms with Crippen LogP contribution in [0.25, 0.3) is 0 Å². The molecule has 0 aromatic heterocycles. The SMILES string of the molecule is CCN(CC)C(=O)[C@@H]1C[C@@H](N)CN1C(=O)Cc1c(F)ccc(F)c1F. The Hall–Kier alpha value is -2.09. The highest BCUT2D eigenvalue weighted by molar-refractivity contribution is 5.89. The molecule has 1 fully saturated rings. The van der Waals surface area contributed by atoms with Gasteiger partial charge in [-0.05, 0) is 32.4 Å². The van der Waals surface area contributed by atoms with E-state index in [1.807, 2.05) is 13.8 Å². The summed E-state index contributed by atoms with van der Waals surface area (Å²) < 4.78 is 40.9. The van der Waals surface area contributed by atoms with Crippen LogP contribution in [0.15, 0.2) is 12.1 Å². The Morgan fingerprint density at radius 1 is 1.20 bits per heavy atom. The van der Waals surface area contributed by atoms with E-state index in [0.717, 1.165) is 6.07 Å². The zero-order valence-corrected chi connectivity index (χ0v) is 14.3.